The summed E-state index contributed by atoms with van der Waals surface area (Å²) >= 11 is 11.2. The van der Waals surface area contributed by atoms with Crippen LogP contribution in [0.4, 0.5) is 0 Å². The number of ketones is 1. The van der Waals surface area contributed by atoms with Crippen LogP contribution in [0.25, 0.3) is 0 Å². The van der Waals surface area contributed by atoms with E-state index in [9.17, 15) is 9.59 Å². The van der Waals surface area contributed by atoms with E-state index in [0.717, 1.165) is 5.56 Å². The summed E-state index contributed by atoms with van der Waals surface area (Å²) in [5.74, 6) is -1.59. The third-order valence-corrected chi connectivity index (χ3v) is 4.26. The van der Waals surface area contributed by atoms with Crippen molar-refractivity contribution in [1.82, 2.24) is 0 Å². The van der Waals surface area contributed by atoms with Gasteiger partial charge in [-0.25, -0.2) is 0 Å². The Morgan fingerprint density at radius 2 is 1.80 bits per heavy atom. The molecule has 0 radical (unpaired) electrons. The lowest BCUT2D eigenvalue weighted by Crippen LogP contribution is -2.16. The smallest absolute Gasteiger partial charge is 0.310 e. The molecule has 2 rings (SSSR count). The maximum Gasteiger partial charge on any atom is 0.310 e. The Morgan fingerprint density at radius 3 is 2.35 bits per heavy atom. The summed E-state index contributed by atoms with van der Waals surface area (Å²) in [6.07, 6.45) is 0. The van der Waals surface area contributed by atoms with Crippen LogP contribution in [-0.4, -0.2) is 16.6 Å². The number of Topliss-reactive ketones (excluding diaryl/α,β-unsaturated/α-hetero) is 1. The maximum absolute atomic E-state index is 12.1. The van der Waals surface area contributed by atoms with Crippen molar-refractivity contribution in [3.8, 4) is 0 Å². The fourth-order valence-corrected chi connectivity index (χ4v) is 2.83. The van der Waals surface area contributed by atoms with Gasteiger partial charge in [-0.1, -0.05) is 67.4 Å². The van der Waals surface area contributed by atoms with Crippen LogP contribution in [0.3, 0.4) is 0 Å². The molecule has 1 fully saturated rings. The average molecular weight is 315 g/mol. The Hall–Kier alpha value is -1.06. The van der Waals surface area contributed by atoms with Gasteiger partial charge >= 0.3 is 5.97 Å². The molecular weight excluding hydrogens is 299 g/mol. The van der Waals surface area contributed by atoms with E-state index in [4.69, 9.17) is 27.9 Å². The largest absolute Gasteiger partial charge is 0.461 e. The van der Waals surface area contributed by atoms with E-state index in [1.54, 1.807) is 0 Å². The lowest BCUT2D eigenvalue weighted by atomic mass is 10.1. The van der Waals surface area contributed by atoms with Gasteiger partial charge in [0.25, 0.3) is 0 Å². The van der Waals surface area contributed by atoms with Crippen LogP contribution in [-0.2, 0) is 20.9 Å². The fraction of sp³-hybridized carbons (Fsp3) is 0.467. The van der Waals surface area contributed by atoms with Crippen molar-refractivity contribution in [1.29, 1.82) is 0 Å². The minimum Gasteiger partial charge on any atom is -0.461 e. The molecule has 0 saturated heterocycles. The Balaban J connectivity index is 1.95. The number of hydrogen-bond donors (Lipinski definition) is 0. The molecule has 3 nitrogen and oxygen atoms in total. The van der Waals surface area contributed by atoms with Gasteiger partial charge in [0.15, 0.2) is 10.6 Å². The van der Waals surface area contributed by atoms with Crippen LogP contribution in [0.15, 0.2) is 30.3 Å². The van der Waals surface area contributed by atoms with Crippen molar-refractivity contribution in [2.24, 2.45) is 17.3 Å². The summed E-state index contributed by atoms with van der Waals surface area (Å²) in [4.78, 5) is 22.8. The van der Waals surface area contributed by atoms with Crippen molar-refractivity contribution in [2.45, 2.75) is 25.3 Å². The van der Waals surface area contributed by atoms with Crippen molar-refractivity contribution in [3.05, 3.63) is 35.9 Å². The molecule has 5 heteroatoms. The number of hydrogen-bond acceptors (Lipinski definition) is 3. The van der Waals surface area contributed by atoms with Crippen molar-refractivity contribution < 1.29 is 14.3 Å². The van der Waals surface area contributed by atoms with E-state index in [0.29, 0.717) is 0 Å². The predicted octanol–water partition coefficient (Wildman–Crippen LogP) is 3.37. The fourth-order valence-electron chi connectivity index (χ4n) is 2.56. The minimum absolute atomic E-state index is 0.207. The quantitative estimate of drug-likeness (QED) is 0.618. The van der Waals surface area contributed by atoms with E-state index in [-0.39, 0.29) is 18.4 Å². The van der Waals surface area contributed by atoms with E-state index in [1.165, 1.54) is 0 Å². The monoisotopic (exact) mass is 314 g/mol. The number of benzene rings is 1. The molecular formula is C15H16Cl2O3. The van der Waals surface area contributed by atoms with Crippen LogP contribution < -0.4 is 0 Å². The highest BCUT2D eigenvalue weighted by Crippen LogP contribution is 2.60. The van der Waals surface area contributed by atoms with Gasteiger partial charge in [-0.3, -0.25) is 9.59 Å². The Morgan fingerprint density at radius 1 is 1.20 bits per heavy atom. The molecule has 0 bridgehead atoms. The standard InChI is InChI=1S/C15H16Cl2O3/c1-15(2)10(12(18)13(16)17)11(15)14(19)20-8-9-6-4-3-5-7-9/h3-7,10-11,13H,8H2,1-2H3. The molecule has 1 aromatic carbocycles. The first-order valence-electron chi connectivity index (χ1n) is 6.38. The van der Waals surface area contributed by atoms with Crippen LogP contribution in [0.2, 0.25) is 0 Å². The molecule has 1 saturated carbocycles. The number of halogens is 2. The van der Waals surface area contributed by atoms with E-state index < -0.39 is 22.1 Å². The van der Waals surface area contributed by atoms with Crippen molar-refractivity contribution in [2.75, 3.05) is 0 Å². The van der Waals surface area contributed by atoms with Gasteiger partial charge in [0, 0.05) is 5.92 Å². The third-order valence-electron chi connectivity index (χ3n) is 3.83. The summed E-state index contributed by atoms with van der Waals surface area (Å²) < 4.78 is 5.27. The Bertz CT molecular complexity index is 511. The van der Waals surface area contributed by atoms with Crippen LogP contribution >= 0.6 is 23.2 Å². The number of rotatable bonds is 5. The number of carbonyl (C=O) groups excluding carboxylic acids is 2. The zero-order valence-electron chi connectivity index (χ0n) is 11.3. The topological polar surface area (TPSA) is 43.4 Å². The first kappa shape index (κ1) is 15.3. The first-order valence-corrected chi connectivity index (χ1v) is 7.25. The van der Waals surface area contributed by atoms with Gasteiger partial charge in [0.05, 0.1) is 5.92 Å². The zero-order valence-corrected chi connectivity index (χ0v) is 12.8. The van der Waals surface area contributed by atoms with Crippen LogP contribution in [0.1, 0.15) is 19.4 Å². The summed E-state index contributed by atoms with van der Waals surface area (Å²) in [5.41, 5.74) is 0.474. The van der Waals surface area contributed by atoms with Crippen LogP contribution in [0, 0.1) is 17.3 Å². The van der Waals surface area contributed by atoms with Gasteiger partial charge in [-0.15, -0.1) is 0 Å². The molecule has 1 aliphatic carbocycles. The lowest BCUT2D eigenvalue weighted by molar-refractivity contribution is -0.148. The summed E-state index contributed by atoms with van der Waals surface area (Å²) in [6.45, 7) is 3.90. The molecule has 0 heterocycles. The molecule has 0 N–H and O–H groups in total. The van der Waals surface area contributed by atoms with Crippen LogP contribution in [0.5, 0.6) is 0 Å². The molecule has 0 amide bonds. The van der Waals surface area contributed by atoms with E-state index >= 15 is 0 Å². The third kappa shape index (κ3) is 2.99. The van der Waals surface area contributed by atoms with E-state index in [2.05, 4.69) is 0 Å². The average Bonchev–Trinajstić information content (AvgIpc) is 2.99. The van der Waals surface area contributed by atoms with Gasteiger partial charge in [-0.05, 0) is 11.0 Å². The normalized spacial score (nSPS) is 23.4. The zero-order chi connectivity index (χ0) is 14.9. The Labute approximate surface area is 128 Å². The molecule has 1 aromatic rings. The molecule has 1 aliphatic rings. The lowest BCUT2D eigenvalue weighted by Gasteiger charge is -2.05. The molecule has 20 heavy (non-hydrogen) atoms. The molecule has 108 valence electrons. The number of carbonyl (C=O) groups is 2. The van der Waals surface area contributed by atoms with E-state index in [1.807, 2.05) is 44.2 Å². The highest BCUT2D eigenvalue weighted by atomic mass is 35.5. The van der Waals surface area contributed by atoms with Gasteiger partial charge < -0.3 is 4.74 Å². The molecule has 0 aliphatic heterocycles. The maximum atomic E-state index is 12.1. The summed E-state index contributed by atoms with van der Waals surface area (Å²) in [7, 11) is 0. The van der Waals surface area contributed by atoms with Crippen molar-refractivity contribution in [3.63, 3.8) is 0 Å². The first-order chi connectivity index (χ1) is 9.35. The number of ether oxygens (including phenoxy) is 1. The molecule has 0 spiro atoms. The SMILES string of the molecule is CC1(C)C(C(=O)OCc2ccccc2)C1C(=O)C(Cl)Cl. The number of alkyl halides is 2. The highest BCUT2D eigenvalue weighted by molar-refractivity contribution is 6.54. The van der Waals surface area contributed by atoms with Gasteiger partial charge in [-0.2, -0.15) is 0 Å². The summed E-state index contributed by atoms with van der Waals surface area (Å²) in [6, 6.07) is 9.40. The van der Waals surface area contributed by atoms with Crippen molar-refractivity contribution >= 4 is 35.0 Å². The van der Waals surface area contributed by atoms with Gasteiger partial charge in [0.1, 0.15) is 6.61 Å². The molecule has 0 aromatic heterocycles. The number of esters is 1. The molecule has 2 atom stereocenters. The second-order valence-corrected chi connectivity index (χ2v) is 6.67. The van der Waals surface area contributed by atoms with Gasteiger partial charge in [0.2, 0.25) is 0 Å². The minimum atomic E-state index is -1.09. The second kappa shape index (κ2) is 5.74. The molecule has 2 unspecified atom stereocenters. The Kier molecular flexibility index (Phi) is 4.40. The second-order valence-electron chi connectivity index (χ2n) is 5.57. The predicted molar refractivity (Wildman–Crippen MR) is 77.5 cm³/mol. The summed E-state index contributed by atoms with van der Waals surface area (Å²) in [5, 5.41) is 0. The highest BCUT2D eigenvalue weighted by Gasteiger charge is 2.66.